The molecular formula is C17H16N4O2. The standard InChI is InChI=1S/C17H16N4O2/c22-12-14-5-2-1-4-13(14)11-19-17(23)16-10-15(6-8-18-16)21-9-3-7-20-21/h1-10,22H,11-12H2,(H,19,23). The number of hydrogen-bond donors (Lipinski definition) is 2. The smallest absolute Gasteiger partial charge is 0.270 e. The van der Waals surface area contributed by atoms with E-state index < -0.39 is 0 Å². The van der Waals surface area contributed by atoms with E-state index in [-0.39, 0.29) is 12.5 Å². The Morgan fingerprint density at radius 2 is 1.96 bits per heavy atom. The first kappa shape index (κ1) is 14.9. The maximum atomic E-state index is 12.3. The number of aliphatic hydroxyl groups is 1. The zero-order chi connectivity index (χ0) is 16.1. The first-order valence-electron chi connectivity index (χ1n) is 7.20. The van der Waals surface area contributed by atoms with Crippen molar-refractivity contribution < 1.29 is 9.90 Å². The van der Waals surface area contributed by atoms with Gasteiger partial charge in [0.05, 0.1) is 12.3 Å². The number of carbonyl (C=O) groups excluding carboxylic acids is 1. The first-order chi connectivity index (χ1) is 11.3. The van der Waals surface area contributed by atoms with Gasteiger partial charge in [-0.15, -0.1) is 0 Å². The van der Waals surface area contributed by atoms with Crippen LogP contribution < -0.4 is 5.32 Å². The molecule has 1 aromatic carbocycles. The lowest BCUT2D eigenvalue weighted by Crippen LogP contribution is -2.24. The Morgan fingerprint density at radius 1 is 1.13 bits per heavy atom. The van der Waals surface area contributed by atoms with Crippen molar-refractivity contribution in [3.8, 4) is 5.69 Å². The van der Waals surface area contributed by atoms with E-state index in [1.54, 1.807) is 35.4 Å². The van der Waals surface area contributed by atoms with Crippen LogP contribution in [0, 0.1) is 0 Å². The second-order valence-electron chi connectivity index (χ2n) is 4.96. The molecule has 1 amide bonds. The van der Waals surface area contributed by atoms with E-state index in [0.717, 1.165) is 16.8 Å². The molecule has 0 aliphatic heterocycles. The summed E-state index contributed by atoms with van der Waals surface area (Å²) >= 11 is 0. The maximum absolute atomic E-state index is 12.3. The van der Waals surface area contributed by atoms with Gasteiger partial charge in [-0.05, 0) is 29.3 Å². The molecule has 0 atom stereocenters. The molecule has 2 aromatic heterocycles. The highest BCUT2D eigenvalue weighted by Gasteiger charge is 2.09. The summed E-state index contributed by atoms with van der Waals surface area (Å²) in [4.78, 5) is 16.4. The largest absolute Gasteiger partial charge is 0.392 e. The normalized spacial score (nSPS) is 10.5. The van der Waals surface area contributed by atoms with Gasteiger partial charge in [0.25, 0.3) is 5.91 Å². The van der Waals surface area contributed by atoms with Crippen molar-refractivity contribution in [3.63, 3.8) is 0 Å². The number of rotatable bonds is 5. The molecule has 0 spiro atoms. The minimum absolute atomic E-state index is 0.0565. The van der Waals surface area contributed by atoms with Gasteiger partial charge in [0.15, 0.2) is 0 Å². The number of nitrogens with one attached hydrogen (secondary N) is 1. The lowest BCUT2D eigenvalue weighted by Gasteiger charge is -2.09. The van der Waals surface area contributed by atoms with Gasteiger partial charge < -0.3 is 10.4 Å². The van der Waals surface area contributed by atoms with Crippen LogP contribution in [0.4, 0.5) is 0 Å². The third-order valence-corrected chi connectivity index (χ3v) is 3.47. The van der Waals surface area contributed by atoms with Crippen LogP contribution in [0.1, 0.15) is 21.6 Å². The molecule has 2 heterocycles. The SMILES string of the molecule is O=C(NCc1ccccc1CO)c1cc(-n2cccn2)ccn1. The minimum atomic E-state index is -0.272. The maximum Gasteiger partial charge on any atom is 0.270 e. The van der Waals surface area contributed by atoms with Crippen molar-refractivity contribution >= 4 is 5.91 Å². The Bertz CT molecular complexity index is 800. The molecule has 0 fully saturated rings. The summed E-state index contributed by atoms with van der Waals surface area (Å²) in [5, 5.41) is 16.3. The van der Waals surface area contributed by atoms with Gasteiger partial charge in [-0.1, -0.05) is 24.3 Å². The summed E-state index contributed by atoms with van der Waals surface area (Å²) in [6, 6.07) is 12.7. The molecule has 3 aromatic rings. The molecule has 23 heavy (non-hydrogen) atoms. The Labute approximate surface area is 133 Å². The molecule has 3 rings (SSSR count). The van der Waals surface area contributed by atoms with Crippen LogP contribution >= 0.6 is 0 Å². The summed E-state index contributed by atoms with van der Waals surface area (Å²) in [6.45, 7) is 0.280. The fourth-order valence-electron chi connectivity index (χ4n) is 2.26. The van der Waals surface area contributed by atoms with Crippen molar-refractivity contribution in [2.24, 2.45) is 0 Å². The van der Waals surface area contributed by atoms with Crippen LogP contribution in [0.3, 0.4) is 0 Å². The van der Waals surface area contributed by atoms with Crippen LogP contribution in [0.2, 0.25) is 0 Å². The van der Waals surface area contributed by atoms with Crippen LogP contribution in [0.25, 0.3) is 5.69 Å². The van der Waals surface area contributed by atoms with Crippen LogP contribution in [0.15, 0.2) is 61.1 Å². The number of nitrogens with zero attached hydrogens (tertiary/aromatic N) is 3. The predicted molar refractivity (Wildman–Crippen MR) is 84.9 cm³/mol. The Balaban J connectivity index is 1.72. The number of aliphatic hydroxyl groups excluding tert-OH is 1. The number of pyridine rings is 1. The topological polar surface area (TPSA) is 80.0 Å². The first-order valence-corrected chi connectivity index (χ1v) is 7.20. The molecule has 0 saturated heterocycles. The number of aromatic nitrogens is 3. The molecule has 0 aliphatic rings. The second kappa shape index (κ2) is 6.85. The van der Waals surface area contributed by atoms with E-state index in [9.17, 15) is 9.90 Å². The van der Waals surface area contributed by atoms with E-state index >= 15 is 0 Å². The minimum Gasteiger partial charge on any atom is -0.392 e. The Hall–Kier alpha value is -2.99. The third kappa shape index (κ3) is 3.44. The Kier molecular flexibility index (Phi) is 4.44. The van der Waals surface area contributed by atoms with Gasteiger partial charge in [0, 0.05) is 25.1 Å². The van der Waals surface area contributed by atoms with E-state index in [0.29, 0.717) is 12.2 Å². The molecule has 0 saturated carbocycles. The van der Waals surface area contributed by atoms with Crippen molar-refractivity contribution in [1.29, 1.82) is 0 Å². The van der Waals surface area contributed by atoms with Gasteiger partial charge in [-0.25, -0.2) is 4.68 Å². The van der Waals surface area contributed by atoms with Gasteiger partial charge in [-0.2, -0.15) is 5.10 Å². The van der Waals surface area contributed by atoms with Crippen LogP contribution in [0.5, 0.6) is 0 Å². The van der Waals surface area contributed by atoms with E-state index in [4.69, 9.17) is 0 Å². The fraction of sp³-hybridized carbons (Fsp3) is 0.118. The van der Waals surface area contributed by atoms with Crippen molar-refractivity contribution in [2.45, 2.75) is 13.2 Å². The van der Waals surface area contributed by atoms with Crippen LogP contribution in [-0.4, -0.2) is 25.8 Å². The fourth-order valence-corrected chi connectivity index (χ4v) is 2.26. The molecule has 2 N–H and O–H groups in total. The number of amides is 1. The van der Waals surface area contributed by atoms with E-state index in [2.05, 4.69) is 15.4 Å². The number of hydrogen-bond acceptors (Lipinski definition) is 4. The Morgan fingerprint density at radius 3 is 2.70 bits per heavy atom. The average Bonchev–Trinajstić information content (AvgIpc) is 3.14. The monoisotopic (exact) mass is 308 g/mol. The highest BCUT2D eigenvalue weighted by molar-refractivity contribution is 5.92. The van der Waals surface area contributed by atoms with Crippen LogP contribution in [-0.2, 0) is 13.2 Å². The summed E-state index contributed by atoms with van der Waals surface area (Å²) in [6.07, 6.45) is 5.05. The zero-order valence-corrected chi connectivity index (χ0v) is 12.4. The molecule has 6 heteroatoms. The summed E-state index contributed by atoms with van der Waals surface area (Å²) in [7, 11) is 0. The lowest BCUT2D eigenvalue weighted by molar-refractivity contribution is 0.0945. The predicted octanol–water partition coefficient (Wildman–Crippen LogP) is 1.69. The van der Waals surface area contributed by atoms with Crippen molar-refractivity contribution in [3.05, 3.63) is 77.9 Å². The molecule has 6 nitrogen and oxygen atoms in total. The van der Waals surface area contributed by atoms with Gasteiger partial charge in [0.2, 0.25) is 0 Å². The molecule has 116 valence electrons. The number of benzene rings is 1. The molecular weight excluding hydrogens is 292 g/mol. The van der Waals surface area contributed by atoms with Gasteiger partial charge in [-0.3, -0.25) is 9.78 Å². The summed E-state index contributed by atoms with van der Waals surface area (Å²) < 4.78 is 1.67. The average molecular weight is 308 g/mol. The summed E-state index contributed by atoms with van der Waals surface area (Å²) in [5.41, 5.74) is 2.77. The van der Waals surface area contributed by atoms with Crippen molar-refractivity contribution in [2.75, 3.05) is 0 Å². The summed E-state index contributed by atoms with van der Waals surface area (Å²) in [5.74, 6) is -0.272. The molecule has 0 radical (unpaired) electrons. The van der Waals surface area contributed by atoms with Crippen molar-refractivity contribution in [1.82, 2.24) is 20.1 Å². The zero-order valence-electron chi connectivity index (χ0n) is 12.4. The highest BCUT2D eigenvalue weighted by Crippen LogP contribution is 2.10. The molecule has 0 bridgehead atoms. The number of carbonyl (C=O) groups is 1. The lowest BCUT2D eigenvalue weighted by atomic mass is 10.1. The highest BCUT2D eigenvalue weighted by atomic mass is 16.3. The van der Waals surface area contributed by atoms with E-state index in [1.165, 1.54) is 0 Å². The van der Waals surface area contributed by atoms with Gasteiger partial charge >= 0.3 is 0 Å². The van der Waals surface area contributed by atoms with E-state index in [1.807, 2.05) is 30.3 Å². The molecule has 0 aliphatic carbocycles. The third-order valence-electron chi connectivity index (χ3n) is 3.47. The quantitative estimate of drug-likeness (QED) is 0.751. The second-order valence-corrected chi connectivity index (χ2v) is 4.96. The van der Waals surface area contributed by atoms with Gasteiger partial charge in [0.1, 0.15) is 5.69 Å². The molecule has 0 unspecified atom stereocenters.